The summed E-state index contributed by atoms with van der Waals surface area (Å²) in [4.78, 5) is 27.1. The molecule has 0 unspecified atom stereocenters. The summed E-state index contributed by atoms with van der Waals surface area (Å²) in [5.41, 5.74) is 0.799. The average molecular weight is 367 g/mol. The van der Waals surface area contributed by atoms with E-state index in [4.69, 9.17) is 0 Å². The number of carbonyl (C=O) groups excluding carboxylic acids is 2. The zero-order chi connectivity index (χ0) is 19.8. The molecular weight excluding hydrogens is 324 g/mol. The molecule has 1 fully saturated rings. The van der Waals surface area contributed by atoms with Gasteiger partial charge in [0.15, 0.2) is 0 Å². The highest BCUT2D eigenvalue weighted by molar-refractivity contribution is 6.11. The van der Waals surface area contributed by atoms with Gasteiger partial charge in [-0.1, -0.05) is 80.1 Å². The number of urea groups is 2. The fraction of sp³-hybridized carbons (Fsp3) is 0.909. The molecule has 1 saturated heterocycles. The average Bonchev–Trinajstić information content (AvgIpc) is 2.50. The molecule has 4 nitrogen and oxygen atoms in total. The van der Waals surface area contributed by atoms with Gasteiger partial charge >= 0.3 is 12.1 Å². The zero-order valence-corrected chi connectivity index (χ0v) is 18.2. The molecular formula is C22H42N2O2. The van der Waals surface area contributed by atoms with Gasteiger partial charge in [-0.2, -0.15) is 0 Å². The van der Waals surface area contributed by atoms with Crippen LogP contribution in [0.5, 0.6) is 0 Å². The van der Waals surface area contributed by atoms with Crippen LogP contribution in [0.1, 0.15) is 106 Å². The van der Waals surface area contributed by atoms with Crippen LogP contribution in [-0.4, -0.2) is 35.0 Å². The van der Waals surface area contributed by atoms with E-state index in [0.717, 1.165) is 25.7 Å². The number of imide groups is 2. The molecule has 1 aliphatic rings. The summed E-state index contributed by atoms with van der Waals surface area (Å²) in [6.45, 7) is 14.8. The van der Waals surface area contributed by atoms with Gasteiger partial charge in [0.1, 0.15) is 0 Å². The molecule has 0 aromatic carbocycles. The van der Waals surface area contributed by atoms with Crippen molar-refractivity contribution < 1.29 is 9.59 Å². The van der Waals surface area contributed by atoms with Gasteiger partial charge in [0.25, 0.3) is 0 Å². The minimum atomic E-state index is -0.0839. The molecule has 0 atom stereocenters. The first-order valence-corrected chi connectivity index (χ1v) is 10.6. The van der Waals surface area contributed by atoms with Crippen LogP contribution in [0, 0.1) is 10.8 Å². The second kappa shape index (κ2) is 10.3. The summed E-state index contributed by atoms with van der Waals surface area (Å²) in [6, 6.07) is -0.168. The molecule has 152 valence electrons. The van der Waals surface area contributed by atoms with E-state index in [2.05, 4.69) is 41.5 Å². The fourth-order valence-electron chi connectivity index (χ4n) is 3.35. The first kappa shape index (κ1) is 23.0. The van der Waals surface area contributed by atoms with E-state index in [1.807, 2.05) is 0 Å². The highest BCUT2D eigenvalue weighted by Gasteiger charge is 2.42. The van der Waals surface area contributed by atoms with E-state index in [-0.39, 0.29) is 12.1 Å². The maximum absolute atomic E-state index is 12.1. The van der Waals surface area contributed by atoms with E-state index in [1.165, 1.54) is 48.3 Å². The number of unbranched alkanes of at least 4 members (excludes halogenated alkanes) is 6. The largest absolute Gasteiger partial charge is 0.336 e. The predicted octanol–water partition coefficient (Wildman–Crippen LogP) is 6.84. The van der Waals surface area contributed by atoms with E-state index in [0.29, 0.717) is 23.9 Å². The lowest BCUT2D eigenvalue weighted by molar-refractivity contribution is 0.103. The quantitative estimate of drug-likeness (QED) is 0.355. The Morgan fingerprint density at radius 3 is 1.15 bits per heavy atom. The third-order valence-electron chi connectivity index (χ3n) is 5.04. The van der Waals surface area contributed by atoms with Crippen LogP contribution in [0.2, 0.25) is 0 Å². The Morgan fingerprint density at radius 2 is 0.846 bits per heavy atom. The molecule has 4 amide bonds. The van der Waals surface area contributed by atoms with Gasteiger partial charge in [0.05, 0.1) is 0 Å². The Hall–Kier alpha value is -1.06. The normalized spacial score (nSPS) is 15.6. The summed E-state index contributed by atoms with van der Waals surface area (Å²) >= 11 is 0. The standard InChI is InChI=1S/C22H42N2O2/c1-21(2,3)15-11-7-9-13-17-23-19(25)24(20(23)26)18-14-10-8-12-16-22(4,5)6/h7-18H2,1-6H3. The molecule has 0 saturated carbocycles. The topological polar surface area (TPSA) is 40.6 Å². The number of hydrogen-bond donors (Lipinski definition) is 0. The third kappa shape index (κ3) is 9.05. The number of hydrogen-bond acceptors (Lipinski definition) is 2. The molecule has 0 radical (unpaired) electrons. The minimum Gasteiger partial charge on any atom is -0.247 e. The van der Waals surface area contributed by atoms with Gasteiger partial charge in [0, 0.05) is 13.1 Å². The van der Waals surface area contributed by atoms with E-state index >= 15 is 0 Å². The van der Waals surface area contributed by atoms with Crippen LogP contribution < -0.4 is 0 Å². The number of rotatable bonds is 12. The third-order valence-corrected chi connectivity index (χ3v) is 5.04. The van der Waals surface area contributed by atoms with Gasteiger partial charge in [-0.05, 0) is 36.5 Å². The molecule has 1 aliphatic heterocycles. The second-order valence-corrected chi connectivity index (χ2v) is 10.3. The van der Waals surface area contributed by atoms with Crippen molar-refractivity contribution in [2.45, 2.75) is 106 Å². The second-order valence-electron chi connectivity index (χ2n) is 10.3. The lowest BCUT2D eigenvalue weighted by atomic mass is 9.89. The van der Waals surface area contributed by atoms with Crippen molar-refractivity contribution in [3.8, 4) is 0 Å². The lowest BCUT2D eigenvalue weighted by Crippen LogP contribution is -2.64. The molecule has 0 aromatic rings. The lowest BCUT2D eigenvalue weighted by Gasteiger charge is -2.39. The smallest absolute Gasteiger partial charge is 0.247 e. The Kier molecular flexibility index (Phi) is 9.12. The summed E-state index contributed by atoms with van der Waals surface area (Å²) in [6.07, 6.45) is 11.4. The number of nitrogens with zero attached hydrogens (tertiary/aromatic N) is 2. The molecule has 0 aliphatic carbocycles. The van der Waals surface area contributed by atoms with Crippen molar-refractivity contribution in [3.05, 3.63) is 0 Å². The van der Waals surface area contributed by atoms with Crippen LogP contribution in [0.25, 0.3) is 0 Å². The van der Waals surface area contributed by atoms with Gasteiger partial charge in [0.2, 0.25) is 0 Å². The SMILES string of the molecule is CC(C)(C)CCCCCCN1C(=O)N(CCCCCCC(C)(C)C)C1=O. The van der Waals surface area contributed by atoms with E-state index in [9.17, 15) is 9.59 Å². The van der Waals surface area contributed by atoms with Crippen molar-refractivity contribution >= 4 is 12.1 Å². The Bertz CT molecular complexity index is 392. The van der Waals surface area contributed by atoms with Crippen molar-refractivity contribution in [2.75, 3.05) is 13.1 Å². The molecule has 0 N–H and O–H groups in total. The van der Waals surface area contributed by atoms with Crippen LogP contribution >= 0.6 is 0 Å². The molecule has 1 rings (SSSR count). The van der Waals surface area contributed by atoms with Crippen molar-refractivity contribution in [2.24, 2.45) is 10.8 Å². The van der Waals surface area contributed by atoms with Gasteiger partial charge in [-0.3, -0.25) is 0 Å². The molecule has 4 heteroatoms. The van der Waals surface area contributed by atoms with Crippen molar-refractivity contribution in [3.63, 3.8) is 0 Å². The summed E-state index contributed by atoms with van der Waals surface area (Å²) in [5.74, 6) is 0. The fourth-order valence-corrected chi connectivity index (χ4v) is 3.35. The molecule has 0 bridgehead atoms. The molecule has 0 spiro atoms. The van der Waals surface area contributed by atoms with Crippen LogP contribution in [0.3, 0.4) is 0 Å². The molecule has 26 heavy (non-hydrogen) atoms. The zero-order valence-electron chi connectivity index (χ0n) is 18.2. The van der Waals surface area contributed by atoms with Gasteiger partial charge < -0.3 is 0 Å². The Labute approximate surface area is 161 Å². The Balaban J connectivity index is 2.06. The van der Waals surface area contributed by atoms with E-state index < -0.39 is 0 Å². The van der Waals surface area contributed by atoms with Crippen molar-refractivity contribution in [1.82, 2.24) is 9.80 Å². The molecule has 0 aromatic heterocycles. The highest BCUT2D eigenvalue weighted by Crippen LogP contribution is 2.24. The summed E-state index contributed by atoms with van der Waals surface area (Å²) in [5, 5.41) is 0. The highest BCUT2D eigenvalue weighted by atomic mass is 16.2. The predicted molar refractivity (Wildman–Crippen MR) is 109 cm³/mol. The Morgan fingerprint density at radius 1 is 0.538 bits per heavy atom. The van der Waals surface area contributed by atoms with Gasteiger partial charge in [-0.25, -0.2) is 19.4 Å². The van der Waals surface area contributed by atoms with Gasteiger partial charge in [-0.15, -0.1) is 0 Å². The summed E-state index contributed by atoms with van der Waals surface area (Å²) in [7, 11) is 0. The van der Waals surface area contributed by atoms with E-state index in [1.54, 1.807) is 0 Å². The first-order chi connectivity index (χ1) is 12.0. The molecule has 1 heterocycles. The van der Waals surface area contributed by atoms with Crippen LogP contribution in [0.4, 0.5) is 9.59 Å². The monoisotopic (exact) mass is 366 g/mol. The van der Waals surface area contributed by atoms with Crippen molar-refractivity contribution in [1.29, 1.82) is 0 Å². The van der Waals surface area contributed by atoms with Crippen LogP contribution in [-0.2, 0) is 0 Å². The number of carbonyl (C=O) groups is 2. The maximum Gasteiger partial charge on any atom is 0.336 e. The first-order valence-electron chi connectivity index (χ1n) is 10.6. The number of amides is 4. The van der Waals surface area contributed by atoms with Crippen LogP contribution in [0.15, 0.2) is 0 Å². The maximum atomic E-state index is 12.1. The summed E-state index contributed by atoms with van der Waals surface area (Å²) < 4.78 is 0. The minimum absolute atomic E-state index is 0.0839.